The van der Waals surface area contributed by atoms with Gasteiger partial charge in [0.1, 0.15) is 11.5 Å². The first-order valence-corrected chi connectivity index (χ1v) is 7.12. The molecule has 1 aromatic carbocycles. The van der Waals surface area contributed by atoms with Crippen molar-refractivity contribution in [3.8, 4) is 11.5 Å². The van der Waals surface area contributed by atoms with Gasteiger partial charge in [-0.3, -0.25) is 4.21 Å². The van der Waals surface area contributed by atoms with Gasteiger partial charge in [-0.05, 0) is 26.0 Å². The Morgan fingerprint density at radius 3 is 2.29 bits per heavy atom. The second kappa shape index (κ2) is 6.02. The molecule has 0 radical (unpaired) electrons. The SMILES string of the molecule is CC(NCC(C)S(C)=O)c1c(O)cccc1O. The summed E-state index contributed by atoms with van der Waals surface area (Å²) in [5, 5.41) is 22.5. The Kier molecular flexibility index (Phi) is 4.96. The zero-order chi connectivity index (χ0) is 13.0. The van der Waals surface area contributed by atoms with Gasteiger partial charge in [0.15, 0.2) is 0 Å². The Morgan fingerprint density at radius 1 is 1.29 bits per heavy atom. The lowest BCUT2D eigenvalue weighted by atomic mass is 10.1. The van der Waals surface area contributed by atoms with E-state index in [2.05, 4.69) is 5.32 Å². The largest absolute Gasteiger partial charge is 0.507 e. The molecule has 3 atom stereocenters. The smallest absolute Gasteiger partial charge is 0.124 e. The number of aromatic hydroxyl groups is 2. The van der Waals surface area contributed by atoms with E-state index in [1.807, 2.05) is 13.8 Å². The fourth-order valence-electron chi connectivity index (χ4n) is 1.55. The molecular weight excluding hydrogens is 238 g/mol. The molecule has 0 aromatic heterocycles. The van der Waals surface area contributed by atoms with Crippen LogP contribution in [0.15, 0.2) is 18.2 Å². The summed E-state index contributed by atoms with van der Waals surface area (Å²) in [4.78, 5) is 0. The molecule has 0 bridgehead atoms. The Hall–Kier alpha value is -1.07. The molecule has 3 N–H and O–H groups in total. The lowest BCUT2D eigenvalue weighted by molar-refractivity contribution is 0.419. The average molecular weight is 257 g/mol. The third-order valence-electron chi connectivity index (χ3n) is 2.77. The van der Waals surface area contributed by atoms with Crippen LogP contribution in [0.1, 0.15) is 25.5 Å². The van der Waals surface area contributed by atoms with Crippen molar-refractivity contribution in [3.05, 3.63) is 23.8 Å². The predicted octanol–water partition coefficient (Wildman–Crippen LogP) is 1.52. The molecule has 1 aromatic rings. The van der Waals surface area contributed by atoms with Crippen molar-refractivity contribution >= 4 is 10.8 Å². The maximum absolute atomic E-state index is 11.2. The molecule has 17 heavy (non-hydrogen) atoms. The zero-order valence-corrected chi connectivity index (χ0v) is 11.1. The van der Waals surface area contributed by atoms with Crippen LogP contribution >= 0.6 is 0 Å². The average Bonchev–Trinajstić information content (AvgIpc) is 2.25. The van der Waals surface area contributed by atoms with Gasteiger partial charge in [0.05, 0.1) is 5.56 Å². The van der Waals surface area contributed by atoms with Crippen molar-refractivity contribution in [2.45, 2.75) is 25.1 Å². The monoisotopic (exact) mass is 257 g/mol. The van der Waals surface area contributed by atoms with Gasteiger partial charge in [-0.25, -0.2) is 0 Å². The molecule has 5 heteroatoms. The van der Waals surface area contributed by atoms with Gasteiger partial charge in [-0.2, -0.15) is 0 Å². The van der Waals surface area contributed by atoms with E-state index < -0.39 is 10.8 Å². The summed E-state index contributed by atoms with van der Waals surface area (Å²) in [5.41, 5.74) is 0.474. The summed E-state index contributed by atoms with van der Waals surface area (Å²) in [6.45, 7) is 4.30. The van der Waals surface area contributed by atoms with Crippen molar-refractivity contribution in [3.63, 3.8) is 0 Å². The summed E-state index contributed by atoms with van der Waals surface area (Å²) in [5.74, 6) is 0.130. The number of benzene rings is 1. The summed E-state index contributed by atoms with van der Waals surface area (Å²) < 4.78 is 11.2. The first-order chi connectivity index (χ1) is 7.93. The lowest BCUT2D eigenvalue weighted by Gasteiger charge is -2.18. The Bertz CT molecular complexity index is 388. The first-order valence-electron chi connectivity index (χ1n) is 5.50. The summed E-state index contributed by atoms with van der Waals surface area (Å²) in [6, 6.07) is 4.47. The maximum Gasteiger partial charge on any atom is 0.124 e. The number of hydrogen-bond acceptors (Lipinski definition) is 4. The highest BCUT2D eigenvalue weighted by atomic mass is 32.2. The number of rotatable bonds is 5. The Morgan fingerprint density at radius 2 is 1.82 bits per heavy atom. The van der Waals surface area contributed by atoms with E-state index in [1.54, 1.807) is 12.3 Å². The quantitative estimate of drug-likeness (QED) is 0.748. The Labute approximate surface area is 104 Å². The number of phenolic OH excluding ortho intramolecular Hbond substituents is 2. The second-order valence-electron chi connectivity index (χ2n) is 4.15. The standard InChI is InChI=1S/C12H19NO3S/c1-8(17(3)16)7-13-9(2)12-10(14)5-4-6-11(12)15/h4-6,8-9,13-15H,7H2,1-3H3. The van der Waals surface area contributed by atoms with Crippen molar-refractivity contribution in [2.75, 3.05) is 12.8 Å². The highest BCUT2D eigenvalue weighted by molar-refractivity contribution is 7.84. The predicted molar refractivity (Wildman–Crippen MR) is 69.7 cm³/mol. The van der Waals surface area contributed by atoms with Gasteiger partial charge < -0.3 is 15.5 Å². The molecule has 0 aliphatic carbocycles. The molecule has 0 fully saturated rings. The van der Waals surface area contributed by atoms with E-state index in [9.17, 15) is 14.4 Å². The van der Waals surface area contributed by atoms with E-state index in [1.165, 1.54) is 12.1 Å². The normalized spacial score (nSPS) is 16.4. The minimum Gasteiger partial charge on any atom is -0.507 e. The minimum atomic E-state index is -0.881. The fourth-order valence-corrected chi connectivity index (χ4v) is 1.88. The highest BCUT2D eigenvalue weighted by Crippen LogP contribution is 2.31. The van der Waals surface area contributed by atoms with Crippen LogP contribution in [0.4, 0.5) is 0 Å². The van der Waals surface area contributed by atoms with Gasteiger partial charge in [-0.1, -0.05) is 6.07 Å². The molecule has 0 amide bonds. The molecule has 0 aliphatic heterocycles. The van der Waals surface area contributed by atoms with E-state index in [0.29, 0.717) is 12.1 Å². The molecule has 0 heterocycles. The molecular formula is C12H19NO3S. The summed E-state index contributed by atoms with van der Waals surface area (Å²) in [6.07, 6.45) is 1.66. The molecule has 0 saturated heterocycles. The molecule has 1 rings (SSSR count). The fraction of sp³-hybridized carbons (Fsp3) is 0.500. The summed E-state index contributed by atoms with van der Waals surface area (Å²) in [7, 11) is -0.881. The zero-order valence-electron chi connectivity index (χ0n) is 10.3. The maximum atomic E-state index is 11.2. The van der Waals surface area contributed by atoms with Crippen LogP contribution in [0.25, 0.3) is 0 Å². The number of phenols is 2. The van der Waals surface area contributed by atoms with Crippen LogP contribution < -0.4 is 5.32 Å². The topological polar surface area (TPSA) is 69.6 Å². The molecule has 96 valence electrons. The van der Waals surface area contributed by atoms with Crippen molar-refractivity contribution < 1.29 is 14.4 Å². The van der Waals surface area contributed by atoms with Gasteiger partial charge in [0.2, 0.25) is 0 Å². The summed E-state index contributed by atoms with van der Waals surface area (Å²) >= 11 is 0. The number of hydrogen-bond donors (Lipinski definition) is 3. The van der Waals surface area contributed by atoms with Crippen LogP contribution in [0.5, 0.6) is 11.5 Å². The van der Waals surface area contributed by atoms with Crippen molar-refractivity contribution in [2.24, 2.45) is 0 Å². The van der Waals surface area contributed by atoms with Gasteiger partial charge in [0.25, 0.3) is 0 Å². The van der Waals surface area contributed by atoms with Crippen molar-refractivity contribution in [1.29, 1.82) is 0 Å². The van der Waals surface area contributed by atoms with Crippen LogP contribution in [0.3, 0.4) is 0 Å². The van der Waals surface area contributed by atoms with E-state index in [0.717, 1.165) is 0 Å². The molecule has 0 spiro atoms. The first kappa shape index (κ1) is 14.0. The molecule has 3 unspecified atom stereocenters. The van der Waals surface area contributed by atoms with E-state index in [-0.39, 0.29) is 22.8 Å². The lowest BCUT2D eigenvalue weighted by Crippen LogP contribution is -2.29. The Balaban J connectivity index is 2.70. The molecule has 0 saturated carbocycles. The van der Waals surface area contributed by atoms with E-state index in [4.69, 9.17) is 0 Å². The van der Waals surface area contributed by atoms with Crippen LogP contribution in [-0.4, -0.2) is 32.5 Å². The van der Waals surface area contributed by atoms with E-state index >= 15 is 0 Å². The van der Waals surface area contributed by atoms with Gasteiger partial charge >= 0.3 is 0 Å². The van der Waals surface area contributed by atoms with Crippen LogP contribution in [0.2, 0.25) is 0 Å². The minimum absolute atomic E-state index is 0.0328. The van der Waals surface area contributed by atoms with Crippen molar-refractivity contribution in [1.82, 2.24) is 5.32 Å². The molecule has 0 aliphatic rings. The van der Waals surface area contributed by atoms with Crippen LogP contribution in [0, 0.1) is 0 Å². The number of nitrogens with one attached hydrogen (secondary N) is 1. The third-order valence-corrected chi connectivity index (χ3v) is 4.07. The second-order valence-corrected chi connectivity index (χ2v) is 5.95. The molecule has 4 nitrogen and oxygen atoms in total. The third kappa shape index (κ3) is 3.71. The van der Waals surface area contributed by atoms with Gasteiger partial charge in [-0.15, -0.1) is 0 Å². The highest BCUT2D eigenvalue weighted by Gasteiger charge is 2.16. The van der Waals surface area contributed by atoms with Gasteiger partial charge in [0, 0.05) is 34.9 Å². The van der Waals surface area contributed by atoms with Crippen LogP contribution in [-0.2, 0) is 10.8 Å².